The van der Waals surface area contributed by atoms with E-state index in [-0.39, 0.29) is 56.3 Å². The zero-order valence-corrected chi connectivity index (χ0v) is 73.0. The average Bonchev–Trinajstić information content (AvgIpc) is 1.62. The van der Waals surface area contributed by atoms with Crippen LogP contribution in [0, 0.1) is 0 Å². The Hall–Kier alpha value is -7.32. The lowest BCUT2D eigenvalue weighted by Crippen LogP contribution is -2.62. The van der Waals surface area contributed by atoms with Gasteiger partial charge in [-0.1, -0.05) is 216 Å². The van der Waals surface area contributed by atoms with Gasteiger partial charge in [0.05, 0.1) is 43.0 Å². The molecule has 0 saturated carbocycles. The molecular formula is C88H145N7O18S. The molecule has 0 aliphatic heterocycles. The van der Waals surface area contributed by atoms with Gasteiger partial charge in [-0.15, -0.1) is 0 Å². The Morgan fingerprint density at radius 2 is 0.825 bits per heavy atom. The fourth-order valence-electron chi connectivity index (χ4n) is 13.3. The Bertz CT molecular complexity index is 3190. The minimum atomic E-state index is -1.52. The lowest BCUT2D eigenvalue weighted by Gasteiger charge is -2.35. The van der Waals surface area contributed by atoms with E-state index in [0.29, 0.717) is 12.8 Å². The highest BCUT2D eigenvalue weighted by molar-refractivity contribution is 7.99. The van der Waals surface area contributed by atoms with Crippen molar-refractivity contribution >= 4 is 77.2 Å². The van der Waals surface area contributed by atoms with Gasteiger partial charge in [0.1, 0.15) is 48.6 Å². The molecule has 7 N–H and O–H groups in total. The maximum absolute atomic E-state index is 14.5. The van der Waals surface area contributed by atoms with E-state index in [4.69, 9.17) is 33.2 Å². The first-order chi connectivity index (χ1) is 53.9. The van der Waals surface area contributed by atoms with Gasteiger partial charge < -0.3 is 70.4 Å². The van der Waals surface area contributed by atoms with E-state index in [2.05, 4.69) is 51.1 Å². The average molecular weight is 1620 g/mol. The third kappa shape index (κ3) is 45.8. The number of rotatable bonds is 58. The fraction of sp³-hybridized carbons (Fsp3) is 0.739. The number of carbonyl (C=O) groups is 11. The smallest absolute Gasteiger partial charge is 0.407 e. The van der Waals surface area contributed by atoms with Crippen LogP contribution in [-0.2, 0) is 81.1 Å². The number of amides is 7. The highest BCUT2D eigenvalue weighted by atomic mass is 32.2. The van der Waals surface area contributed by atoms with Gasteiger partial charge in [-0.3, -0.25) is 43.2 Å². The molecule has 26 heteroatoms. The quantitative estimate of drug-likeness (QED) is 0.0184. The second kappa shape index (κ2) is 54.6. The van der Waals surface area contributed by atoms with E-state index < -0.39 is 150 Å². The van der Waals surface area contributed by atoms with Crippen molar-refractivity contribution in [2.24, 2.45) is 0 Å². The van der Waals surface area contributed by atoms with Gasteiger partial charge in [-0.2, -0.15) is 11.8 Å². The molecule has 3 rings (SSSR count). The summed E-state index contributed by atoms with van der Waals surface area (Å²) in [5.74, 6) is -7.91. The SMILES string of the molecule is CCCCCCCCCCCCCCCC(=O)OC[C@H](CSC[C@H](NC(=O)OCC1c2ccccc2-c2ccccc21)C(=O)NCC(=O)NCC(=O)NCC(=O)N[C@@H](CCC(=O)OC(C)(C)C)C(=O)N[C@H](C(=O)N[C@H](C(=O)OC(C)(C)C)[C@@H](C)OC(C)(C)C)[C@@H](C)OC(C)(C)C)OC(=O)CCCCCCCCCCCCCCC. The highest BCUT2D eigenvalue weighted by Gasteiger charge is 2.40. The maximum atomic E-state index is 14.5. The molecule has 1 aliphatic rings. The molecule has 646 valence electrons. The van der Waals surface area contributed by atoms with E-state index in [1.807, 2.05) is 48.5 Å². The van der Waals surface area contributed by atoms with E-state index in [9.17, 15) is 52.7 Å². The summed E-state index contributed by atoms with van der Waals surface area (Å²) in [4.78, 5) is 151. The fourth-order valence-corrected chi connectivity index (χ4v) is 14.3. The van der Waals surface area contributed by atoms with Crippen LogP contribution in [-0.4, -0.2) is 175 Å². The molecule has 114 heavy (non-hydrogen) atoms. The van der Waals surface area contributed by atoms with Crippen molar-refractivity contribution in [1.29, 1.82) is 0 Å². The molecule has 0 spiro atoms. The number of alkyl carbamates (subject to hydrolysis) is 1. The Kier molecular flexibility index (Phi) is 48.3. The first-order valence-electron chi connectivity index (χ1n) is 42.4. The molecule has 25 nitrogen and oxygen atoms in total. The van der Waals surface area contributed by atoms with Crippen LogP contribution in [0.4, 0.5) is 4.79 Å². The van der Waals surface area contributed by atoms with Crippen molar-refractivity contribution in [1.82, 2.24) is 37.2 Å². The Morgan fingerprint density at radius 1 is 0.404 bits per heavy atom. The predicted molar refractivity (Wildman–Crippen MR) is 447 cm³/mol. The molecule has 1 aliphatic carbocycles. The second-order valence-corrected chi connectivity index (χ2v) is 35.3. The number of hydrogen-bond acceptors (Lipinski definition) is 19. The van der Waals surface area contributed by atoms with Gasteiger partial charge in [-0.05, 0) is 138 Å². The molecule has 0 saturated heterocycles. The monoisotopic (exact) mass is 1620 g/mol. The zero-order chi connectivity index (χ0) is 84.7. The third-order valence-corrected chi connectivity index (χ3v) is 20.0. The maximum Gasteiger partial charge on any atom is 0.407 e. The molecule has 2 aromatic rings. The summed E-state index contributed by atoms with van der Waals surface area (Å²) in [6.07, 6.45) is 25.9. The van der Waals surface area contributed by atoms with Crippen molar-refractivity contribution in [3.63, 3.8) is 0 Å². The number of carbonyl (C=O) groups excluding carboxylic acids is 11. The highest BCUT2D eigenvalue weighted by Crippen LogP contribution is 2.44. The predicted octanol–water partition coefficient (Wildman–Crippen LogP) is 14.7. The van der Waals surface area contributed by atoms with E-state index in [1.165, 1.54) is 116 Å². The molecule has 0 unspecified atom stereocenters. The largest absolute Gasteiger partial charge is 0.462 e. The first-order valence-corrected chi connectivity index (χ1v) is 43.6. The van der Waals surface area contributed by atoms with Crippen LogP contribution in [0.2, 0.25) is 0 Å². The van der Waals surface area contributed by atoms with Gasteiger partial charge in [0.15, 0.2) is 6.04 Å². The summed E-state index contributed by atoms with van der Waals surface area (Å²) >= 11 is 1.15. The lowest BCUT2D eigenvalue weighted by molar-refractivity contribution is -0.167. The first kappa shape index (κ1) is 101. The molecule has 7 atom stereocenters. The topological polar surface area (TPSA) is 337 Å². The van der Waals surface area contributed by atoms with Gasteiger partial charge >= 0.3 is 30.0 Å². The van der Waals surface area contributed by atoms with Crippen molar-refractivity contribution in [3.8, 4) is 11.1 Å². The van der Waals surface area contributed by atoms with Crippen molar-refractivity contribution in [2.75, 3.05) is 44.4 Å². The van der Waals surface area contributed by atoms with Crippen LogP contribution in [0.3, 0.4) is 0 Å². The van der Waals surface area contributed by atoms with E-state index >= 15 is 0 Å². The number of thioether (sulfide) groups is 1. The number of hydrogen-bond donors (Lipinski definition) is 7. The number of nitrogens with one attached hydrogen (secondary N) is 7. The minimum Gasteiger partial charge on any atom is -0.462 e. The van der Waals surface area contributed by atoms with Crippen molar-refractivity contribution in [3.05, 3.63) is 59.7 Å². The molecule has 0 fully saturated rings. The summed E-state index contributed by atoms with van der Waals surface area (Å²) < 4.78 is 41.0. The third-order valence-electron chi connectivity index (χ3n) is 18.8. The molecule has 0 heterocycles. The summed E-state index contributed by atoms with van der Waals surface area (Å²) in [6, 6.07) is 9.91. The van der Waals surface area contributed by atoms with Gasteiger partial charge in [0.2, 0.25) is 35.4 Å². The second-order valence-electron chi connectivity index (χ2n) is 34.2. The normalized spacial score (nSPS) is 14.1. The van der Waals surface area contributed by atoms with Gasteiger partial charge in [-0.25, -0.2) is 9.59 Å². The molecule has 0 aromatic heterocycles. The van der Waals surface area contributed by atoms with Gasteiger partial charge in [0.25, 0.3) is 0 Å². The summed E-state index contributed by atoms with van der Waals surface area (Å²) in [7, 11) is 0. The Balaban J connectivity index is 1.76. The Morgan fingerprint density at radius 3 is 1.29 bits per heavy atom. The van der Waals surface area contributed by atoms with Crippen LogP contribution in [0.5, 0.6) is 0 Å². The number of esters is 4. The Labute approximate surface area is 686 Å². The number of ether oxygens (including phenoxy) is 7. The van der Waals surface area contributed by atoms with Crippen LogP contribution in [0.15, 0.2) is 48.5 Å². The van der Waals surface area contributed by atoms with E-state index in [0.717, 1.165) is 79.0 Å². The van der Waals surface area contributed by atoms with Crippen LogP contribution in [0.1, 0.15) is 320 Å². The lowest BCUT2D eigenvalue weighted by atomic mass is 9.98. The number of benzene rings is 2. The van der Waals surface area contributed by atoms with Crippen molar-refractivity contribution < 1.29 is 85.9 Å². The summed E-state index contributed by atoms with van der Waals surface area (Å²) in [5, 5.41) is 17.8. The number of fused-ring (bicyclic) bond motifs is 3. The standard InChI is InChI=1S/C88H145N7O18S/c1-17-19-21-23-25-27-29-31-33-35-37-39-41-51-75(99)107-58-64(109-76(100)52-42-40-38-36-34-32-30-28-26-24-22-20-18-2)60-114-61-71(93-84(106)108-59-69-67-49-45-43-47-65(67)66-48-44-46-50-68(66)69)80(102)91-56-73(97)89-55-72(96)90-57-74(98)92-70(53-54-77(101)112-87(11,12)13)81(103)94-78(62(3)110-85(5,6)7)82(104)95-79(63(4)111-86(8,9)10)83(105)113-88(14,15)16/h43-50,62-64,69-71,78-79H,17-42,51-61H2,1-16H3,(H,89,97)(H,90,96)(H,91,102)(H,92,98)(H,93,106)(H,94,103)(H,95,104)/t62-,63-,64-,70+,71+,78+,79+/m1/s1. The zero-order valence-electron chi connectivity index (χ0n) is 72.2. The summed E-state index contributed by atoms with van der Waals surface area (Å²) in [6.45, 7) is 25.7. The van der Waals surface area contributed by atoms with E-state index in [1.54, 1.807) is 90.0 Å². The van der Waals surface area contributed by atoms with Crippen molar-refractivity contribution in [2.45, 2.75) is 374 Å². The molecule has 0 bridgehead atoms. The van der Waals surface area contributed by atoms with Crippen LogP contribution >= 0.6 is 11.8 Å². The van der Waals surface area contributed by atoms with Crippen LogP contribution in [0.25, 0.3) is 11.1 Å². The summed E-state index contributed by atoms with van der Waals surface area (Å²) in [5.41, 5.74) is 0.492. The van der Waals surface area contributed by atoms with Crippen LogP contribution < -0.4 is 37.2 Å². The molecular weight excluding hydrogens is 1480 g/mol. The molecule has 0 radical (unpaired) electrons. The number of unbranched alkanes of at least 4 members (excludes halogenated alkanes) is 24. The molecule has 2 aromatic carbocycles. The molecule has 7 amide bonds. The minimum absolute atomic E-state index is 0.0677. The van der Waals surface area contributed by atoms with Gasteiger partial charge in [0, 0.05) is 36.7 Å².